The number of nitrogens with zero attached hydrogens (tertiary/aromatic N) is 1. The Morgan fingerprint density at radius 2 is 1.37 bits per heavy atom. The molecule has 0 bridgehead atoms. The average molecular weight is 665 g/mol. The van der Waals surface area contributed by atoms with Gasteiger partial charge in [-0.3, -0.25) is 0 Å². The SMILES string of the molecule is CC1(C)c2cc(-c3cccc(-c4cc(-c5nc6ccccc6s5)cc(C5Nc6ccccc6S5)c4)c3)ccc2-c2c1ccc1ccccc21. The lowest BCUT2D eigenvalue weighted by atomic mass is 9.81. The van der Waals surface area contributed by atoms with E-state index in [2.05, 4.69) is 165 Å². The molecule has 1 aliphatic heterocycles. The van der Waals surface area contributed by atoms with E-state index in [1.54, 1.807) is 11.3 Å². The molecule has 0 radical (unpaired) electrons. The minimum absolute atomic E-state index is 0.0771. The quantitative estimate of drug-likeness (QED) is 0.203. The summed E-state index contributed by atoms with van der Waals surface area (Å²) in [7, 11) is 0. The third-order valence-corrected chi connectivity index (χ3v) is 12.6. The Bertz CT molecular complexity index is 2550. The van der Waals surface area contributed by atoms with E-state index in [9.17, 15) is 0 Å². The van der Waals surface area contributed by atoms with Crippen LogP contribution in [0.3, 0.4) is 0 Å². The van der Waals surface area contributed by atoms with Crippen LogP contribution in [0.4, 0.5) is 5.69 Å². The molecule has 2 heterocycles. The predicted octanol–water partition coefficient (Wildman–Crippen LogP) is 13.0. The van der Waals surface area contributed by atoms with Gasteiger partial charge in [0.15, 0.2) is 0 Å². The number of hydrogen-bond acceptors (Lipinski definition) is 4. The second kappa shape index (κ2) is 10.9. The summed E-state index contributed by atoms with van der Waals surface area (Å²) in [5, 5.41) is 7.58. The van der Waals surface area contributed by atoms with Crippen LogP contribution in [0, 0.1) is 0 Å². The van der Waals surface area contributed by atoms with Crippen LogP contribution in [0.15, 0.2) is 150 Å². The number of anilines is 1. The zero-order valence-electron chi connectivity index (χ0n) is 27.2. The molecule has 1 aliphatic carbocycles. The van der Waals surface area contributed by atoms with Gasteiger partial charge < -0.3 is 5.32 Å². The Morgan fingerprint density at radius 1 is 0.612 bits per heavy atom. The van der Waals surface area contributed by atoms with Gasteiger partial charge >= 0.3 is 0 Å². The molecule has 2 aliphatic rings. The number of hydrogen-bond donors (Lipinski definition) is 1. The zero-order chi connectivity index (χ0) is 32.7. The normalized spacial score (nSPS) is 15.6. The standard InChI is InChI=1S/C45H32N2S2/c1-45(2)36-21-19-27-10-3-4-13-34(27)42(36)35-20-18-30(26-37(35)45)28-11-9-12-29(22-28)31-23-32(43-46-38-14-5-7-16-40(38)48-43)25-33(24-31)44-47-39-15-6-8-17-41(39)49-44/h3-26,43,46H,1-2H3. The monoisotopic (exact) mass is 664 g/mol. The first-order valence-electron chi connectivity index (χ1n) is 16.8. The number of aromatic nitrogens is 1. The summed E-state index contributed by atoms with van der Waals surface area (Å²) in [6.45, 7) is 4.74. The lowest BCUT2D eigenvalue weighted by Crippen LogP contribution is -2.15. The van der Waals surface area contributed by atoms with Gasteiger partial charge in [-0.1, -0.05) is 117 Å². The van der Waals surface area contributed by atoms with E-state index in [0.29, 0.717) is 0 Å². The Hall–Kier alpha value is -5.16. The molecule has 1 unspecified atom stereocenters. The van der Waals surface area contributed by atoms with Crippen molar-refractivity contribution in [1.29, 1.82) is 0 Å². The van der Waals surface area contributed by atoms with E-state index in [-0.39, 0.29) is 10.8 Å². The van der Waals surface area contributed by atoms with Crippen molar-refractivity contribution < 1.29 is 0 Å². The Balaban J connectivity index is 1.08. The van der Waals surface area contributed by atoms with Gasteiger partial charge in [-0.2, -0.15) is 0 Å². The fourth-order valence-corrected chi connectivity index (χ4v) is 9.87. The highest BCUT2D eigenvalue weighted by atomic mass is 32.2. The van der Waals surface area contributed by atoms with Crippen molar-refractivity contribution in [3.63, 3.8) is 0 Å². The molecule has 0 fully saturated rings. The number of nitrogens with one attached hydrogen (secondary N) is 1. The minimum Gasteiger partial charge on any atom is -0.368 e. The summed E-state index contributed by atoms with van der Waals surface area (Å²) >= 11 is 3.64. The highest BCUT2D eigenvalue weighted by Gasteiger charge is 2.36. The number of rotatable bonds is 4. The van der Waals surface area contributed by atoms with Crippen molar-refractivity contribution in [1.82, 2.24) is 4.98 Å². The fraction of sp³-hybridized carbons (Fsp3) is 0.0889. The Kier molecular flexibility index (Phi) is 6.43. The van der Waals surface area contributed by atoms with E-state index in [1.165, 1.54) is 76.1 Å². The number of fused-ring (bicyclic) bond motifs is 7. The summed E-state index contributed by atoms with van der Waals surface area (Å²) in [4.78, 5) is 6.35. The van der Waals surface area contributed by atoms with Crippen LogP contribution >= 0.6 is 23.1 Å². The van der Waals surface area contributed by atoms with Crippen LogP contribution in [0.25, 0.3) is 64.9 Å². The first-order valence-corrected chi connectivity index (χ1v) is 18.5. The van der Waals surface area contributed by atoms with E-state index < -0.39 is 0 Å². The summed E-state index contributed by atoms with van der Waals surface area (Å²) in [6.07, 6.45) is 0. The third kappa shape index (κ3) is 4.66. The summed E-state index contributed by atoms with van der Waals surface area (Å²) in [5.74, 6) is 0. The molecule has 10 rings (SSSR count). The predicted molar refractivity (Wildman–Crippen MR) is 210 cm³/mol. The van der Waals surface area contributed by atoms with Crippen molar-refractivity contribution >= 4 is 49.8 Å². The lowest BCUT2D eigenvalue weighted by Gasteiger charge is -2.22. The van der Waals surface area contributed by atoms with Gasteiger partial charge in [-0.05, 0) is 115 Å². The van der Waals surface area contributed by atoms with Crippen LogP contribution < -0.4 is 5.32 Å². The maximum Gasteiger partial charge on any atom is 0.124 e. The van der Waals surface area contributed by atoms with Gasteiger partial charge in [0.05, 0.1) is 10.2 Å². The van der Waals surface area contributed by atoms with Gasteiger partial charge in [-0.15, -0.1) is 11.3 Å². The molecule has 7 aromatic carbocycles. The second-order valence-electron chi connectivity index (χ2n) is 13.6. The van der Waals surface area contributed by atoms with Gasteiger partial charge in [0.2, 0.25) is 0 Å². The molecule has 0 saturated heterocycles. The summed E-state index contributed by atoms with van der Waals surface area (Å²) < 4.78 is 1.21. The molecule has 0 spiro atoms. The highest BCUT2D eigenvalue weighted by Crippen LogP contribution is 2.52. The zero-order valence-corrected chi connectivity index (χ0v) is 28.8. The number of thiazole rings is 1. The molecule has 1 aromatic heterocycles. The van der Waals surface area contributed by atoms with Crippen molar-refractivity contribution in [2.24, 2.45) is 0 Å². The number of para-hydroxylation sites is 2. The van der Waals surface area contributed by atoms with E-state index in [4.69, 9.17) is 4.98 Å². The molecule has 1 atom stereocenters. The number of benzene rings is 7. The van der Waals surface area contributed by atoms with Crippen LogP contribution in [0.5, 0.6) is 0 Å². The molecule has 2 nitrogen and oxygen atoms in total. The number of thioether (sulfide) groups is 1. The van der Waals surface area contributed by atoms with E-state index in [0.717, 1.165) is 16.1 Å². The van der Waals surface area contributed by atoms with Gasteiger partial charge in [0, 0.05) is 21.6 Å². The Labute approximate surface area is 294 Å². The summed E-state index contributed by atoms with van der Waals surface area (Å²) in [5.41, 5.74) is 15.0. The maximum atomic E-state index is 5.06. The molecular formula is C45H32N2S2. The second-order valence-corrected chi connectivity index (χ2v) is 15.8. The van der Waals surface area contributed by atoms with Crippen molar-refractivity contribution in [2.75, 3.05) is 5.32 Å². The summed E-state index contributed by atoms with van der Waals surface area (Å²) in [6, 6.07) is 53.6. The van der Waals surface area contributed by atoms with Gasteiger partial charge in [-0.25, -0.2) is 4.98 Å². The topological polar surface area (TPSA) is 24.9 Å². The van der Waals surface area contributed by atoms with Crippen LogP contribution in [0.1, 0.15) is 35.9 Å². The molecule has 0 saturated carbocycles. The van der Waals surface area contributed by atoms with Crippen molar-refractivity contribution in [3.8, 4) is 44.0 Å². The first kappa shape index (κ1) is 28.8. The highest BCUT2D eigenvalue weighted by molar-refractivity contribution is 8.00. The molecular weight excluding hydrogens is 633 g/mol. The van der Waals surface area contributed by atoms with Crippen LogP contribution in [-0.2, 0) is 5.41 Å². The van der Waals surface area contributed by atoms with Crippen molar-refractivity contribution in [3.05, 3.63) is 162 Å². The molecule has 234 valence electrons. The van der Waals surface area contributed by atoms with Gasteiger partial charge in [0.1, 0.15) is 10.4 Å². The lowest BCUT2D eigenvalue weighted by molar-refractivity contribution is 0.661. The molecule has 4 heteroatoms. The van der Waals surface area contributed by atoms with E-state index >= 15 is 0 Å². The largest absolute Gasteiger partial charge is 0.368 e. The maximum absolute atomic E-state index is 5.06. The molecule has 49 heavy (non-hydrogen) atoms. The third-order valence-electron chi connectivity index (χ3n) is 10.3. The smallest absolute Gasteiger partial charge is 0.124 e. The fourth-order valence-electron chi connectivity index (χ4n) is 7.79. The van der Waals surface area contributed by atoms with Gasteiger partial charge in [0.25, 0.3) is 0 Å². The van der Waals surface area contributed by atoms with Crippen LogP contribution in [0.2, 0.25) is 0 Å². The molecule has 1 N–H and O–H groups in total. The van der Waals surface area contributed by atoms with E-state index in [1.807, 2.05) is 11.8 Å². The molecule has 8 aromatic rings. The Morgan fingerprint density at radius 3 is 2.27 bits per heavy atom. The van der Waals surface area contributed by atoms with Crippen LogP contribution in [-0.4, -0.2) is 4.98 Å². The van der Waals surface area contributed by atoms with Crippen molar-refractivity contribution in [2.45, 2.75) is 29.5 Å². The minimum atomic E-state index is -0.0771. The first-order chi connectivity index (χ1) is 24.0. The molecule has 0 amide bonds. The average Bonchev–Trinajstić information content (AvgIpc) is 3.84.